The molecular weight excluding hydrogens is 362 g/mol. The molecule has 1 saturated heterocycles. The number of amides is 1. The van der Waals surface area contributed by atoms with E-state index < -0.39 is 17.5 Å². The zero-order chi connectivity index (χ0) is 20.4. The van der Waals surface area contributed by atoms with E-state index in [4.69, 9.17) is 0 Å². The number of piperidine rings is 1. The number of carbonyl (C=O) groups excluding carboxylic acids is 1. The summed E-state index contributed by atoms with van der Waals surface area (Å²) in [6.07, 6.45) is 1.47. The van der Waals surface area contributed by atoms with Crippen LogP contribution in [0, 0.1) is 18.6 Å². The van der Waals surface area contributed by atoms with Gasteiger partial charge in [0.05, 0.1) is 5.56 Å². The number of nitrogens with zero attached hydrogens (tertiary/aromatic N) is 4. The minimum absolute atomic E-state index is 0.0288. The molecule has 0 atom stereocenters. The van der Waals surface area contributed by atoms with Crippen LogP contribution in [0.25, 0.3) is 0 Å². The van der Waals surface area contributed by atoms with Gasteiger partial charge in [-0.05, 0) is 38.0 Å². The van der Waals surface area contributed by atoms with Crippen LogP contribution in [0.15, 0.2) is 24.3 Å². The largest absolute Gasteiger partial charge is 0.356 e. The van der Waals surface area contributed by atoms with Crippen molar-refractivity contribution in [1.29, 1.82) is 0 Å². The second kappa shape index (κ2) is 8.20. The van der Waals surface area contributed by atoms with E-state index in [2.05, 4.69) is 28.7 Å². The van der Waals surface area contributed by atoms with E-state index >= 15 is 0 Å². The van der Waals surface area contributed by atoms with E-state index in [1.54, 1.807) is 7.05 Å². The fraction of sp³-hybridized carbons (Fsp3) is 0.476. The molecule has 0 N–H and O–H groups in total. The third-order valence-corrected chi connectivity index (χ3v) is 5.19. The first-order valence-electron chi connectivity index (χ1n) is 9.59. The van der Waals surface area contributed by atoms with Gasteiger partial charge in [-0.3, -0.25) is 4.79 Å². The summed E-state index contributed by atoms with van der Waals surface area (Å²) in [5.41, 5.74) is 0.711. The van der Waals surface area contributed by atoms with E-state index in [9.17, 15) is 13.6 Å². The molecule has 0 saturated carbocycles. The summed E-state index contributed by atoms with van der Waals surface area (Å²) in [4.78, 5) is 25.5. The Morgan fingerprint density at radius 1 is 1.18 bits per heavy atom. The number of hydrogen-bond acceptors (Lipinski definition) is 4. The molecule has 150 valence electrons. The number of aryl methyl sites for hydroxylation is 1. The second-order valence-electron chi connectivity index (χ2n) is 7.64. The minimum atomic E-state index is -0.701. The lowest BCUT2D eigenvalue weighted by atomic mass is 10.0. The van der Waals surface area contributed by atoms with Gasteiger partial charge in [0, 0.05) is 43.9 Å². The molecule has 28 heavy (non-hydrogen) atoms. The van der Waals surface area contributed by atoms with Crippen LogP contribution in [0.4, 0.5) is 14.6 Å². The monoisotopic (exact) mass is 388 g/mol. The lowest BCUT2D eigenvalue weighted by Crippen LogP contribution is -2.46. The Balaban J connectivity index is 1.68. The third kappa shape index (κ3) is 4.29. The van der Waals surface area contributed by atoms with Crippen LogP contribution in [-0.4, -0.2) is 47.0 Å². The number of carbonyl (C=O) groups is 1. The fourth-order valence-corrected chi connectivity index (χ4v) is 3.49. The molecule has 7 heteroatoms. The maximum Gasteiger partial charge on any atom is 0.256 e. The molecule has 1 aliphatic rings. The van der Waals surface area contributed by atoms with E-state index in [0.29, 0.717) is 0 Å². The Labute approximate surface area is 164 Å². The Morgan fingerprint density at radius 3 is 2.50 bits per heavy atom. The Hall–Kier alpha value is -2.57. The van der Waals surface area contributed by atoms with Crippen molar-refractivity contribution in [2.75, 3.05) is 25.0 Å². The van der Waals surface area contributed by atoms with Gasteiger partial charge < -0.3 is 9.80 Å². The van der Waals surface area contributed by atoms with Crippen molar-refractivity contribution in [1.82, 2.24) is 14.9 Å². The molecule has 1 amide bonds. The summed E-state index contributed by atoms with van der Waals surface area (Å²) >= 11 is 0. The maximum absolute atomic E-state index is 13.9. The molecule has 0 unspecified atom stereocenters. The van der Waals surface area contributed by atoms with Gasteiger partial charge in [0.1, 0.15) is 23.3 Å². The summed E-state index contributed by atoms with van der Waals surface area (Å²) in [6.45, 7) is 7.57. The first-order valence-corrected chi connectivity index (χ1v) is 9.59. The zero-order valence-electron chi connectivity index (χ0n) is 16.7. The van der Waals surface area contributed by atoms with E-state index in [1.165, 1.54) is 4.90 Å². The van der Waals surface area contributed by atoms with Crippen LogP contribution in [0.2, 0.25) is 0 Å². The molecular formula is C21H26F2N4O. The van der Waals surface area contributed by atoms with Gasteiger partial charge in [-0.1, -0.05) is 13.8 Å². The SMILES string of the molecule is Cc1cc(N2CCC(N(C)C(=O)c3cc(F)ccc3F)CC2)nc(C(C)C)n1. The second-order valence-corrected chi connectivity index (χ2v) is 7.64. The van der Waals surface area contributed by atoms with E-state index in [1.807, 2.05) is 13.0 Å². The summed E-state index contributed by atoms with van der Waals surface area (Å²) < 4.78 is 27.4. The number of rotatable bonds is 4. The van der Waals surface area contributed by atoms with Crippen LogP contribution >= 0.6 is 0 Å². The summed E-state index contributed by atoms with van der Waals surface area (Å²) in [7, 11) is 1.65. The lowest BCUT2D eigenvalue weighted by Gasteiger charge is -2.37. The predicted molar refractivity (Wildman–Crippen MR) is 105 cm³/mol. The summed E-state index contributed by atoms with van der Waals surface area (Å²) in [5.74, 6) is 0.170. The standard InChI is InChI=1S/C21H26F2N4O/c1-13(2)20-24-14(3)11-19(25-20)27-9-7-16(8-10-27)26(4)21(28)17-12-15(22)5-6-18(17)23/h5-6,11-13,16H,7-10H2,1-4H3. The smallest absolute Gasteiger partial charge is 0.256 e. The molecule has 0 radical (unpaired) electrons. The van der Waals surface area contributed by atoms with Crippen LogP contribution in [0.1, 0.15) is 54.5 Å². The van der Waals surface area contributed by atoms with Crippen LogP contribution in [0.5, 0.6) is 0 Å². The molecule has 5 nitrogen and oxygen atoms in total. The molecule has 3 rings (SSSR count). The molecule has 0 spiro atoms. The normalized spacial score (nSPS) is 15.2. The van der Waals surface area contributed by atoms with Crippen LogP contribution in [-0.2, 0) is 0 Å². The first-order chi connectivity index (χ1) is 13.3. The fourth-order valence-electron chi connectivity index (χ4n) is 3.49. The van der Waals surface area contributed by atoms with Gasteiger partial charge in [-0.2, -0.15) is 0 Å². The van der Waals surface area contributed by atoms with Crippen LogP contribution < -0.4 is 4.90 Å². The molecule has 2 aromatic rings. The topological polar surface area (TPSA) is 49.3 Å². The number of aromatic nitrogens is 2. The van der Waals surface area contributed by atoms with Crippen molar-refractivity contribution in [2.45, 2.75) is 45.6 Å². The van der Waals surface area contributed by atoms with Crippen molar-refractivity contribution < 1.29 is 13.6 Å². The molecule has 1 aromatic carbocycles. The number of hydrogen-bond donors (Lipinski definition) is 0. The summed E-state index contributed by atoms with van der Waals surface area (Å²) in [6, 6.07) is 4.91. The molecule has 1 aromatic heterocycles. The van der Waals surface area contributed by atoms with Crippen molar-refractivity contribution in [3.63, 3.8) is 0 Å². The van der Waals surface area contributed by atoms with E-state index in [-0.39, 0.29) is 17.5 Å². The van der Waals surface area contributed by atoms with Crippen molar-refractivity contribution >= 4 is 11.7 Å². The molecule has 1 fully saturated rings. The number of anilines is 1. The highest BCUT2D eigenvalue weighted by Gasteiger charge is 2.28. The summed E-state index contributed by atoms with van der Waals surface area (Å²) in [5, 5.41) is 0. The van der Waals surface area contributed by atoms with E-state index in [0.717, 1.165) is 61.5 Å². The Morgan fingerprint density at radius 2 is 1.86 bits per heavy atom. The van der Waals surface area contributed by atoms with Gasteiger partial charge in [0.2, 0.25) is 0 Å². The van der Waals surface area contributed by atoms with Gasteiger partial charge >= 0.3 is 0 Å². The first kappa shape index (κ1) is 20.2. The molecule has 1 aliphatic heterocycles. The highest BCUT2D eigenvalue weighted by molar-refractivity contribution is 5.94. The number of halogens is 2. The molecule has 0 aliphatic carbocycles. The predicted octanol–water partition coefficient (Wildman–Crippen LogP) is 3.93. The molecule has 0 bridgehead atoms. The quantitative estimate of drug-likeness (QED) is 0.796. The zero-order valence-corrected chi connectivity index (χ0v) is 16.7. The van der Waals surface area contributed by atoms with Gasteiger partial charge in [-0.25, -0.2) is 18.7 Å². The Bertz CT molecular complexity index is 863. The van der Waals surface area contributed by atoms with Gasteiger partial charge in [-0.15, -0.1) is 0 Å². The van der Waals surface area contributed by atoms with Gasteiger partial charge in [0.25, 0.3) is 5.91 Å². The highest BCUT2D eigenvalue weighted by Crippen LogP contribution is 2.24. The average molecular weight is 388 g/mol. The third-order valence-electron chi connectivity index (χ3n) is 5.19. The number of benzene rings is 1. The van der Waals surface area contributed by atoms with Gasteiger partial charge in [0.15, 0.2) is 0 Å². The average Bonchev–Trinajstić information content (AvgIpc) is 2.68. The Kier molecular flexibility index (Phi) is 5.91. The van der Waals surface area contributed by atoms with Crippen molar-refractivity contribution in [2.24, 2.45) is 0 Å². The lowest BCUT2D eigenvalue weighted by molar-refractivity contribution is 0.0704. The van der Waals surface area contributed by atoms with Crippen LogP contribution in [0.3, 0.4) is 0 Å². The maximum atomic E-state index is 13.9. The minimum Gasteiger partial charge on any atom is -0.356 e. The van der Waals surface area contributed by atoms with Crippen molar-refractivity contribution in [3.05, 3.63) is 53.0 Å². The highest BCUT2D eigenvalue weighted by atomic mass is 19.1. The van der Waals surface area contributed by atoms with Crippen molar-refractivity contribution in [3.8, 4) is 0 Å². The molecule has 2 heterocycles.